The summed E-state index contributed by atoms with van der Waals surface area (Å²) in [6, 6.07) is 16.8. The van der Waals surface area contributed by atoms with E-state index in [4.69, 9.17) is 0 Å². The van der Waals surface area contributed by atoms with Gasteiger partial charge in [-0.3, -0.25) is 4.98 Å². The van der Waals surface area contributed by atoms with Crippen LogP contribution >= 0.6 is 0 Å². The van der Waals surface area contributed by atoms with Crippen LogP contribution in [-0.2, 0) is 12.0 Å². The standard InChI is InChI=1S/C17H22N2/c1-14-8-7-11-16(19-14)12-18-13-17(2,3)15-9-5-4-6-10-15/h4-11,18H,12-13H2,1-3H3. The zero-order valence-corrected chi connectivity index (χ0v) is 12.0. The lowest BCUT2D eigenvalue weighted by Gasteiger charge is -2.25. The van der Waals surface area contributed by atoms with Gasteiger partial charge >= 0.3 is 0 Å². The fourth-order valence-corrected chi connectivity index (χ4v) is 2.19. The Morgan fingerprint density at radius 3 is 2.42 bits per heavy atom. The summed E-state index contributed by atoms with van der Waals surface area (Å²) in [5.41, 5.74) is 3.66. The van der Waals surface area contributed by atoms with Crippen molar-refractivity contribution >= 4 is 0 Å². The number of nitrogens with zero attached hydrogens (tertiary/aromatic N) is 1. The van der Waals surface area contributed by atoms with Crippen LogP contribution < -0.4 is 5.32 Å². The monoisotopic (exact) mass is 254 g/mol. The highest BCUT2D eigenvalue weighted by molar-refractivity contribution is 5.23. The molecule has 1 N–H and O–H groups in total. The molecular weight excluding hydrogens is 232 g/mol. The summed E-state index contributed by atoms with van der Waals surface area (Å²) in [5.74, 6) is 0. The molecule has 0 aliphatic carbocycles. The molecule has 19 heavy (non-hydrogen) atoms. The van der Waals surface area contributed by atoms with Crippen molar-refractivity contribution in [2.45, 2.75) is 32.7 Å². The predicted molar refractivity (Wildman–Crippen MR) is 80.1 cm³/mol. The number of rotatable bonds is 5. The summed E-state index contributed by atoms with van der Waals surface area (Å²) >= 11 is 0. The highest BCUT2D eigenvalue weighted by atomic mass is 14.9. The highest BCUT2D eigenvalue weighted by Gasteiger charge is 2.19. The second-order valence-corrected chi connectivity index (χ2v) is 5.62. The second kappa shape index (κ2) is 5.98. The van der Waals surface area contributed by atoms with Gasteiger partial charge in [0.05, 0.1) is 5.69 Å². The minimum Gasteiger partial charge on any atom is -0.310 e. The zero-order chi connectivity index (χ0) is 13.7. The van der Waals surface area contributed by atoms with Crippen LogP contribution in [-0.4, -0.2) is 11.5 Å². The SMILES string of the molecule is Cc1cccc(CNCC(C)(C)c2ccccc2)n1. The second-order valence-electron chi connectivity index (χ2n) is 5.62. The summed E-state index contributed by atoms with van der Waals surface area (Å²) < 4.78 is 0. The van der Waals surface area contributed by atoms with Crippen molar-refractivity contribution in [2.24, 2.45) is 0 Å². The van der Waals surface area contributed by atoms with E-state index in [0.717, 1.165) is 24.5 Å². The lowest BCUT2D eigenvalue weighted by Crippen LogP contribution is -2.32. The van der Waals surface area contributed by atoms with Crippen molar-refractivity contribution in [3.05, 3.63) is 65.5 Å². The molecule has 2 aromatic rings. The van der Waals surface area contributed by atoms with Crippen molar-refractivity contribution in [1.29, 1.82) is 0 Å². The van der Waals surface area contributed by atoms with E-state index in [1.165, 1.54) is 5.56 Å². The van der Waals surface area contributed by atoms with E-state index in [1.807, 2.05) is 13.0 Å². The van der Waals surface area contributed by atoms with Crippen LogP contribution in [0.2, 0.25) is 0 Å². The van der Waals surface area contributed by atoms with Crippen molar-refractivity contribution in [3.8, 4) is 0 Å². The molecule has 1 aromatic carbocycles. The van der Waals surface area contributed by atoms with Crippen LogP contribution in [0.5, 0.6) is 0 Å². The Balaban J connectivity index is 1.92. The lowest BCUT2D eigenvalue weighted by atomic mass is 9.84. The van der Waals surface area contributed by atoms with Crippen molar-refractivity contribution in [1.82, 2.24) is 10.3 Å². The third-order valence-electron chi connectivity index (χ3n) is 3.37. The van der Waals surface area contributed by atoms with E-state index < -0.39 is 0 Å². The molecule has 2 heteroatoms. The molecule has 0 unspecified atom stereocenters. The Morgan fingerprint density at radius 2 is 1.74 bits per heavy atom. The van der Waals surface area contributed by atoms with Gasteiger partial charge in [0.1, 0.15) is 0 Å². The van der Waals surface area contributed by atoms with Crippen LogP contribution in [0.25, 0.3) is 0 Å². The average Bonchev–Trinajstić information content (AvgIpc) is 2.40. The molecule has 0 amide bonds. The number of pyridine rings is 1. The maximum absolute atomic E-state index is 4.50. The zero-order valence-electron chi connectivity index (χ0n) is 12.0. The molecule has 2 rings (SSSR count). The van der Waals surface area contributed by atoms with Crippen LogP contribution in [0.4, 0.5) is 0 Å². The molecule has 1 heterocycles. The summed E-state index contributed by atoms with van der Waals surface area (Å²) in [6.07, 6.45) is 0. The van der Waals surface area contributed by atoms with Crippen molar-refractivity contribution < 1.29 is 0 Å². The first-order chi connectivity index (χ1) is 9.08. The van der Waals surface area contributed by atoms with E-state index in [-0.39, 0.29) is 5.41 Å². The lowest BCUT2D eigenvalue weighted by molar-refractivity contribution is 0.467. The first kappa shape index (κ1) is 13.8. The fraction of sp³-hybridized carbons (Fsp3) is 0.353. The first-order valence-electron chi connectivity index (χ1n) is 6.77. The Bertz CT molecular complexity index is 518. The van der Waals surface area contributed by atoms with Gasteiger partial charge in [0, 0.05) is 24.2 Å². The molecule has 0 saturated carbocycles. The molecule has 0 fully saturated rings. The van der Waals surface area contributed by atoms with Crippen molar-refractivity contribution in [3.63, 3.8) is 0 Å². The Hall–Kier alpha value is -1.67. The van der Waals surface area contributed by atoms with Gasteiger partial charge in [-0.05, 0) is 24.6 Å². The smallest absolute Gasteiger partial charge is 0.0544 e. The maximum atomic E-state index is 4.50. The fourth-order valence-electron chi connectivity index (χ4n) is 2.19. The number of hydrogen-bond donors (Lipinski definition) is 1. The van der Waals surface area contributed by atoms with E-state index in [9.17, 15) is 0 Å². The third kappa shape index (κ3) is 3.90. The molecule has 0 saturated heterocycles. The van der Waals surface area contributed by atoms with Gasteiger partial charge in [-0.25, -0.2) is 0 Å². The van der Waals surface area contributed by atoms with Gasteiger partial charge in [-0.2, -0.15) is 0 Å². The Kier molecular flexibility index (Phi) is 4.33. The van der Waals surface area contributed by atoms with Crippen LogP contribution in [0, 0.1) is 6.92 Å². The van der Waals surface area contributed by atoms with Gasteiger partial charge < -0.3 is 5.32 Å². The van der Waals surface area contributed by atoms with E-state index in [1.54, 1.807) is 0 Å². The Labute approximate surface area is 115 Å². The first-order valence-corrected chi connectivity index (χ1v) is 6.77. The maximum Gasteiger partial charge on any atom is 0.0544 e. The quantitative estimate of drug-likeness (QED) is 0.884. The van der Waals surface area contributed by atoms with Crippen LogP contribution in [0.15, 0.2) is 48.5 Å². The largest absolute Gasteiger partial charge is 0.310 e. The minimum atomic E-state index is 0.130. The Morgan fingerprint density at radius 1 is 1.00 bits per heavy atom. The van der Waals surface area contributed by atoms with Gasteiger partial charge in [0.15, 0.2) is 0 Å². The number of nitrogens with one attached hydrogen (secondary N) is 1. The molecule has 0 spiro atoms. The summed E-state index contributed by atoms with van der Waals surface area (Å²) in [4.78, 5) is 4.50. The molecule has 2 nitrogen and oxygen atoms in total. The summed E-state index contributed by atoms with van der Waals surface area (Å²) in [7, 11) is 0. The molecule has 0 aliphatic rings. The predicted octanol–water partition coefficient (Wildman–Crippen LogP) is 3.46. The normalized spacial score (nSPS) is 11.5. The van der Waals surface area contributed by atoms with Crippen LogP contribution in [0.3, 0.4) is 0 Å². The number of aryl methyl sites for hydroxylation is 1. The van der Waals surface area contributed by atoms with Crippen LogP contribution in [0.1, 0.15) is 30.8 Å². The molecule has 0 aliphatic heterocycles. The minimum absolute atomic E-state index is 0.130. The third-order valence-corrected chi connectivity index (χ3v) is 3.37. The van der Waals surface area contributed by atoms with Gasteiger partial charge in [0.25, 0.3) is 0 Å². The van der Waals surface area contributed by atoms with Crippen molar-refractivity contribution in [2.75, 3.05) is 6.54 Å². The number of hydrogen-bond acceptors (Lipinski definition) is 2. The van der Waals surface area contributed by atoms with E-state index in [0.29, 0.717) is 0 Å². The number of aromatic nitrogens is 1. The molecular formula is C17H22N2. The van der Waals surface area contributed by atoms with E-state index >= 15 is 0 Å². The summed E-state index contributed by atoms with van der Waals surface area (Å²) in [5, 5.41) is 3.51. The molecule has 0 radical (unpaired) electrons. The molecule has 100 valence electrons. The topological polar surface area (TPSA) is 24.9 Å². The average molecular weight is 254 g/mol. The van der Waals surface area contributed by atoms with Gasteiger partial charge in [-0.1, -0.05) is 50.2 Å². The molecule has 1 aromatic heterocycles. The highest BCUT2D eigenvalue weighted by Crippen LogP contribution is 2.21. The van der Waals surface area contributed by atoms with Gasteiger partial charge in [-0.15, -0.1) is 0 Å². The number of benzene rings is 1. The summed E-state index contributed by atoms with van der Waals surface area (Å²) in [6.45, 7) is 8.31. The molecule has 0 atom stereocenters. The van der Waals surface area contributed by atoms with Gasteiger partial charge in [0.2, 0.25) is 0 Å². The van der Waals surface area contributed by atoms with E-state index in [2.05, 4.69) is 66.6 Å². The molecule has 0 bridgehead atoms.